The van der Waals surface area contributed by atoms with Crippen LogP contribution in [0.3, 0.4) is 0 Å². The Morgan fingerprint density at radius 1 is 1.55 bits per heavy atom. The summed E-state index contributed by atoms with van der Waals surface area (Å²) in [5.74, 6) is 1.98. The van der Waals surface area contributed by atoms with Gasteiger partial charge in [0, 0.05) is 19.0 Å². The SMILES string of the molecule is CCC(C)C1=NCCN1CC. The van der Waals surface area contributed by atoms with Crippen molar-refractivity contribution in [1.29, 1.82) is 0 Å². The lowest BCUT2D eigenvalue weighted by Gasteiger charge is -2.21. The Bertz CT molecular complexity index is 152. The first-order valence-corrected chi connectivity index (χ1v) is 4.58. The topological polar surface area (TPSA) is 15.6 Å². The number of nitrogens with zero attached hydrogens (tertiary/aromatic N) is 2. The maximum absolute atomic E-state index is 4.50. The molecule has 1 atom stereocenters. The van der Waals surface area contributed by atoms with Crippen molar-refractivity contribution in [2.75, 3.05) is 19.6 Å². The molecule has 0 aromatic rings. The Morgan fingerprint density at radius 2 is 2.27 bits per heavy atom. The number of hydrogen-bond acceptors (Lipinski definition) is 2. The van der Waals surface area contributed by atoms with Crippen molar-refractivity contribution in [3.8, 4) is 0 Å². The highest BCUT2D eigenvalue weighted by Crippen LogP contribution is 2.12. The van der Waals surface area contributed by atoms with Crippen LogP contribution in [-0.2, 0) is 0 Å². The Balaban J connectivity index is 2.55. The first kappa shape index (κ1) is 8.57. The van der Waals surface area contributed by atoms with E-state index in [1.54, 1.807) is 0 Å². The molecule has 0 saturated carbocycles. The summed E-state index contributed by atoms with van der Waals surface area (Å²) in [6, 6.07) is 0. The maximum atomic E-state index is 4.50. The van der Waals surface area contributed by atoms with Gasteiger partial charge in [0.2, 0.25) is 0 Å². The van der Waals surface area contributed by atoms with Crippen molar-refractivity contribution in [2.45, 2.75) is 27.2 Å². The van der Waals surface area contributed by atoms with Crippen molar-refractivity contribution in [2.24, 2.45) is 10.9 Å². The Kier molecular flexibility index (Phi) is 2.92. The summed E-state index contributed by atoms with van der Waals surface area (Å²) in [6.45, 7) is 9.93. The van der Waals surface area contributed by atoms with E-state index in [4.69, 9.17) is 0 Å². The minimum absolute atomic E-state index is 0.650. The van der Waals surface area contributed by atoms with E-state index < -0.39 is 0 Å². The van der Waals surface area contributed by atoms with Crippen LogP contribution in [-0.4, -0.2) is 30.4 Å². The molecule has 0 saturated heterocycles. The lowest BCUT2D eigenvalue weighted by atomic mass is 10.1. The molecule has 0 amide bonds. The second-order valence-electron chi connectivity index (χ2n) is 3.13. The highest BCUT2D eigenvalue weighted by atomic mass is 15.2. The van der Waals surface area contributed by atoms with Gasteiger partial charge in [-0.2, -0.15) is 0 Å². The van der Waals surface area contributed by atoms with Crippen LogP contribution in [0.4, 0.5) is 0 Å². The molecule has 1 rings (SSSR count). The van der Waals surface area contributed by atoms with Gasteiger partial charge in [0.05, 0.1) is 6.54 Å². The van der Waals surface area contributed by atoms with Crippen molar-refractivity contribution in [3.05, 3.63) is 0 Å². The highest BCUT2D eigenvalue weighted by Gasteiger charge is 2.18. The average molecular weight is 154 g/mol. The zero-order valence-electron chi connectivity index (χ0n) is 7.80. The van der Waals surface area contributed by atoms with Gasteiger partial charge in [-0.3, -0.25) is 4.99 Å². The molecule has 0 aromatic heterocycles. The van der Waals surface area contributed by atoms with Gasteiger partial charge in [-0.15, -0.1) is 0 Å². The van der Waals surface area contributed by atoms with E-state index >= 15 is 0 Å². The number of amidine groups is 1. The molecule has 0 fully saturated rings. The number of hydrogen-bond donors (Lipinski definition) is 0. The lowest BCUT2D eigenvalue weighted by Crippen LogP contribution is -2.31. The average Bonchev–Trinajstić information content (AvgIpc) is 2.50. The number of likely N-dealkylation sites (N-methyl/N-ethyl adjacent to an activating group) is 1. The molecule has 2 heteroatoms. The molecule has 2 nitrogen and oxygen atoms in total. The van der Waals surface area contributed by atoms with E-state index in [9.17, 15) is 0 Å². The largest absolute Gasteiger partial charge is 0.359 e. The molecular formula is C9H18N2. The maximum Gasteiger partial charge on any atom is 0.102 e. The third-order valence-corrected chi connectivity index (χ3v) is 2.40. The summed E-state index contributed by atoms with van der Waals surface area (Å²) in [6.07, 6.45) is 1.20. The van der Waals surface area contributed by atoms with E-state index in [0.717, 1.165) is 19.6 Å². The predicted octanol–water partition coefficient (Wildman–Crippen LogP) is 1.77. The van der Waals surface area contributed by atoms with E-state index in [1.807, 2.05) is 0 Å². The fraction of sp³-hybridized carbons (Fsp3) is 0.889. The van der Waals surface area contributed by atoms with Crippen LogP contribution in [0.2, 0.25) is 0 Å². The minimum atomic E-state index is 0.650. The van der Waals surface area contributed by atoms with E-state index in [1.165, 1.54) is 12.3 Å². The molecule has 1 heterocycles. The molecule has 11 heavy (non-hydrogen) atoms. The molecule has 0 radical (unpaired) electrons. The summed E-state index contributed by atoms with van der Waals surface area (Å²) in [5, 5.41) is 0. The minimum Gasteiger partial charge on any atom is -0.359 e. The number of rotatable bonds is 3. The van der Waals surface area contributed by atoms with Crippen molar-refractivity contribution >= 4 is 5.84 Å². The van der Waals surface area contributed by atoms with Crippen molar-refractivity contribution in [1.82, 2.24) is 4.90 Å². The van der Waals surface area contributed by atoms with Gasteiger partial charge in [-0.25, -0.2) is 0 Å². The first-order chi connectivity index (χ1) is 5.29. The highest BCUT2D eigenvalue weighted by molar-refractivity contribution is 5.85. The van der Waals surface area contributed by atoms with Crippen LogP contribution >= 0.6 is 0 Å². The van der Waals surface area contributed by atoms with Crippen LogP contribution in [0.15, 0.2) is 4.99 Å². The molecule has 0 spiro atoms. The van der Waals surface area contributed by atoms with Gasteiger partial charge < -0.3 is 4.90 Å². The van der Waals surface area contributed by atoms with Crippen LogP contribution in [0.5, 0.6) is 0 Å². The van der Waals surface area contributed by atoms with Crippen LogP contribution in [0.25, 0.3) is 0 Å². The Hall–Kier alpha value is -0.530. The summed E-state index contributed by atoms with van der Waals surface area (Å²) in [7, 11) is 0. The summed E-state index contributed by atoms with van der Waals surface area (Å²) >= 11 is 0. The fourth-order valence-electron chi connectivity index (χ4n) is 1.47. The molecule has 1 aliphatic heterocycles. The fourth-order valence-corrected chi connectivity index (χ4v) is 1.47. The Labute approximate surface area is 69.3 Å². The third-order valence-electron chi connectivity index (χ3n) is 2.40. The Morgan fingerprint density at radius 3 is 2.82 bits per heavy atom. The standard InChI is InChI=1S/C9H18N2/c1-4-8(3)9-10-6-7-11(9)5-2/h8H,4-7H2,1-3H3. The first-order valence-electron chi connectivity index (χ1n) is 4.58. The molecule has 0 aliphatic carbocycles. The zero-order chi connectivity index (χ0) is 8.27. The predicted molar refractivity (Wildman–Crippen MR) is 49.0 cm³/mol. The molecule has 0 bridgehead atoms. The molecule has 1 unspecified atom stereocenters. The van der Waals surface area contributed by atoms with Crippen molar-refractivity contribution < 1.29 is 0 Å². The summed E-state index contributed by atoms with van der Waals surface area (Å²) in [4.78, 5) is 6.88. The van der Waals surface area contributed by atoms with Gasteiger partial charge in [-0.05, 0) is 13.3 Å². The quantitative estimate of drug-likeness (QED) is 0.605. The smallest absolute Gasteiger partial charge is 0.102 e. The molecular weight excluding hydrogens is 136 g/mol. The van der Waals surface area contributed by atoms with Gasteiger partial charge in [-0.1, -0.05) is 13.8 Å². The van der Waals surface area contributed by atoms with E-state index in [2.05, 4.69) is 30.7 Å². The molecule has 0 N–H and O–H groups in total. The van der Waals surface area contributed by atoms with E-state index in [-0.39, 0.29) is 0 Å². The second kappa shape index (κ2) is 3.74. The van der Waals surface area contributed by atoms with Crippen LogP contribution < -0.4 is 0 Å². The second-order valence-corrected chi connectivity index (χ2v) is 3.13. The lowest BCUT2D eigenvalue weighted by molar-refractivity contribution is 0.455. The zero-order valence-corrected chi connectivity index (χ0v) is 7.80. The third kappa shape index (κ3) is 1.73. The normalized spacial score (nSPS) is 20.3. The van der Waals surface area contributed by atoms with Gasteiger partial charge in [0.15, 0.2) is 0 Å². The van der Waals surface area contributed by atoms with Gasteiger partial charge in [0.25, 0.3) is 0 Å². The summed E-state index contributed by atoms with van der Waals surface area (Å²) < 4.78 is 0. The van der Waals surface area contributed by atoms with Crippen LogP contribution in [0, 0.1) is 5.92 Å². The van der Waals surface area contributed by atoms with Crippen LogP contribution in [0.1, 0.15) is 27.2 Å². The monoisotopic (exact) mass is 154 g/mol. The molecule has 1 aliphatic rings. The number of aliphatic imine (C=N–C) groups is 1. The molecule has 64 valence electrons. The van der Waals surface area contributed by atoms with Crippen molar-refractivity contribution in [3.63, 3.8) is 0 Å². The molecule has 0 aromatic carbocycles. The van der Waals surface area contributed by atoms with Gasteiger partial charge in [0.1, 0.15) is 5.84 Å². The summed E-state index contributed by atoms with van der Waals surface area (Å²) in [5.41, 5.74) is 0. The van der Waals surface area contributed by atoms with E-state index in [0.29, 0.717) is 5.92 Å². The van der Waals surface area contributed by atoms with Gasteiger partial charge >= 0.3 is 0 Å².